The number of rotatable bonds is 12. The van der Waals surface area contributed by atoms with E-state index in [9.17, 15) is 19.2 Å². The third kappa shape index (κ3) is 7.26. The molecule has 0 unspecified atom stereocenters. The molecular formula is C33H45N3O8. The first-order chi connectivity index (χ1) is 20.9. The Balaban J connectivity index is 2.18. The second kappa shape index (κ2) is 14.9. The maximum absolute atomic E-state index is 13.8. The van der Waals surface area contributed by atoms with Crippen molar-refractivity contribution in [1.29, 1.82) is 0 Å². The quantitative estimate of drug-likeness (QED) is 0.304. The molecule has 0 fully saturated rings. The SMILES string of the molecule is CC[C@H](C)[C@@H](NC(=O)[C@H](Nc1ccc2c(cc1=O)[C@H](NC(C)=O)CCc1cc(OC)c(OC)c(OC)c1-2)C(C)C)C(=O)OC. The van der Waals surface area contributed by atoms with Gasteiger partial charge in [0.05, 0.1) is 40.2 Å². The summed E-state index contributed by atoms with van der Waals surface area (Å²) >= 11 is 0. The van der Waals surface area contributed by atoms with Crippen molar-refractivity contribution in [3.05, 3.63) is 45.6 Å². The van der Waals surface area contributed by atoms with E-state index >= 15 is 0 Å². The Morgan fingerprint density at radius 3 is 2.18 bits per heavy atom. The van der Waals surface area contributed by atoms with Crippen LogP contribution in [-0.4, -0.2) is 58.3 Å². The van der Waals surface area contributed by atoms with Crippen LogP contribution in [-0.2, 0) is 25.5 Å². The molecule has 1 aliphatic rings. The van der Waals surface area contributed by atoms with Crippen molar-refractivity contribution >= 4 is 23.5 Å². The predicted molar refractivity (Wildman–Crippen MR) is 168 cm³/mol. The van der Waals surface area contributed by atoms with Gasteiger partial charge in [0.2, 0.25) is 23.0 Å². The molecule has 0 aliphatic heterocycles. The minimum atomic E-state index is -0.835. The van der Waals surface area contributed by atoms with E-state index in [1.807, 2.05) is 33.8 Å². The summed E-state index contributed by atoms with van der Waals surface area (Å²) in [6.07, 6.45) is 1.75. The summed E-state index contributed by atoms with van der Waals surface area (Å²) in [4.78, 5) is 52.0. The lowest BCUT2D eigenvalue weighted by Gasteiger charge is -2.27. The first kappa shape index (κ1) is 34.2. The van der Waals surface area contributed by atoms with Gasteiger partial charge in [-0.3, -0.25) is 14.4 Å². The maximum Gasteiger partial charge on any atom is 0.328 e. The Morgan fingerprint density at radius 1 is 0.955 bits per heavy atom. The van der Waals surface area contributed by atoms with Crippen LogP contribution in [0.4, 0.5) is 5.69 Å². The van der Waals surface area contributed by atoms with E-state index in [-0.39, 0.29) is 28.9 Å². The molecular weight excluding hydrogens is 566 g/mol. The molecule has 2 amide bonds. The summed E-state index contributed by atoms with van der Waals surface area (Å²) < 4.78 is 22.0. The number of hydrogen-bond acceptors (Lipinski definition) is 9. The van der Waals surface area contributed by atoms with Gasteiger partial charge in [0.15, 0.2) is 11.5 Å². The Morgan fingerprint density at radius 2 is 1.64 bits per heavy atom. The molecule has 1 aliphatic carbocycles. The minimum Gasteiger partial charge on any atom is -0.493 e. The largest absolute Gasteiger partial charge is 0.493 e. The number of amides is 2. The molecule has 11 heteroatoms. The number of methoxy groups -OCH3 is 4. The molecule has 0 saturated carbocycles. The van der Waals surface area contributed by atoms with Crippen molar-refractivity contribution in [2.75, 3.05) is 33.8 Å². The number of anilines is 1. The Kier molecular flexibility index (Phi) is 11.6. The number of hydrogen-bond donors (Lipinski definition) is 3. The van der Waals surface area contributed by atoms with E-state index in [2.05, 4.69) is 16.0 Å². The second-order valence-corrected chi connectivity index (χ2v) is 11.4. The van der Waals surface area contributed by atoms with E-state index in [0.717, 1.165) is 11.1 Å². The van der Waals surface area contributed by atoms with Crippen LogP contribution in [0.5, 0.6) is 17.2 Å². The third-order valence-electron chi connectivity index (χ3n) is 8.14. The number of nitrogens with one attached hydrogen (secondary N) is 3. The number of aryl methyl sites for hydroxylation is 1. The number of benzene rings is 1. The molecule has 0 bridgehead atoms. The normalized spacial score (nSPS) is 15.8. The summed E-state index contributed by atoms with van der Waals surface area (Å²) in [5, 5.41) is 8.95. The van der Waals surface area contributed by atoms with Gasteiger partial charge < -0.3 is 34.9 Å². The third-order valence-corrected chi connectivity index (χ3v) is 8.14. The van der Waals surface area contributed by atoms with Gasteiger partial charge in [-0.05, 0) is 59.6 Å². The highest BCUT2D eigenvalue weighted by molar-refractivity contribution is 5.90. The van der Waals surface area contributed by atoms with Crippen molar-refractivity contribution < 1.29 is 33.3 Å². The molecule has 4 atom stereocenters. The highest BCUT2D eigenvalue weighted by atomic mass is 16.5. The second-order valence-electron chi connectivity index (χ2n) is 11.4. The Labute approximate surface area is 259 Å². The molecule has 0 radical (unpaired) electrons. The van der Waals surface area contributed by atoms with Gasteiger partial charge >= 0.3 is 5.97 Å². The van der Waals surface area contributed by atoms with Crippen LogP contribution in [0.15, 0.2) is 29.1 Å². The zero-order chi connectivity index (χ0) is 32.7. The first-order valence-electron chi connectivity index (χ1n) is 14.8. The smallest absolute Gasteiger partial charge is 0.328 e. The number of carbonyl (C=O) groups is 3. The zero-order valence-electron chi connectivity index (χ0n) is 27.1. The fourth-order valence-corrected chi connectivity index (χ4v) is 5.57. The van der Waals surface area contributed by atoms with Gasteiger partial charge in [0, 0.05) is 12.5 Å². The highest BCUT2D eigenvalue weighted by Crippen LogP contribution is 2.50. The molecule has 44 heavy (non-hydrogen) atoms. The minimum absolute atomic E-state index is 0.157. The molecule has 3 N–H and O–H groups in total. The standard InChI is InChI=1S/C33H45N3O8/c1-10-18(4)29(33(40)44-9)36-32(39)28(17(2)3)35-24-14-12-21-22(16-25(24)38)23(34-19(5)37)13-11-20-15-26(41-6)30(42-7)31(43-8)27(20)21/h12,14-18,23,28-29H,10-11,13H2,1-9H3,(H,34,37)(H,35,38)(H,36,39)/t18-,23+,28+,29+/m0/s1. The van der Waals surface area contributed by atoms with Crippen LogP contribution >= 0.6 is 0 Å². The van der Waals surface area contributed by atoms with Gasteiger partial charge in [-0.15, -0.1) is 0 Å². The average Bonchev–Trinajstić information content (AvgIpc) is 3.24. The highest BCUT2D eigenvalue weighted by Gasteiger charge is 2.32. The summed E-state index contributed by atoms with van der Waals surface area (Å²) in [5.74, 6) is -0.233. The fraction of sp³-hybridized carbons (Fsp3) is 0.515. The number of esters is 1. The molecule has 240 valence electrons. The number of carbonyl (C=O) groups excluding carboxylic acids is 3. The fourth-order valence-electron chi connectivity index (χ4n) is 5.57. The molecule has 0 heterocycles. The van der Waals surface area contributed by atoms with Crippen molar-refractivity contribution in [2.24, 2.45) is 11.8 Å². The average molecular weight is 612 g/mol. The lowest BCUT2D eigenvalue weighted by molar-refractivity contribution is -0.146. The summed E-state index contributed by atoms with van der Waals surface area (Å²) in [7, 11) is 5.89. The molecule has 3 rings (SSSR count). The van der Waals surface area contributed by atoms with Crippen LogP contribution < -0.4 is 35.6 Å². The number of fused-ring (bicyclic) bond motifs is 3. The van der Waals surface area contributed by atoms with E-state index in [0.29, 0.717) is 47.6 Å². The van der Waals surface area contributed by atoms with Crippen LogP contribution in [0, 0.1) is 11.8 Å². The van der Waals surface area contributed by atoms with Crippen molar-refractivity contribution in [3.63, 3.8) is 0 Å². The summed E-state index contributed by atoms with van der Waals surface area (Å²) in [6, 6.07) is 4.67. The molecule has 2 aromatic carbocycles. The molecule has 2 aromatic rings. The van der Waals surface area contributed by atoms with Gasteiger partial charge in [-0.25, -0.2) is 4.79 Å². The Bertz CT molecular complexity index is 1440. The number of ether oxygens (including phenoxy) is 4. The van der Waals surface area contributed by atoms with Gasteiger partial charge in [0.1, 0.15) is 12.1 Å². The van der Waals surface area contributed by atoms with Crippen molar-refractivity contribution in [2.45, 2.75) is 72.0 Å². The van der Waals surface area contributed by atoms with Crippen LogP contribution in [0.25, 0.3) is 11.1 Å². The van der Waals surface area contributed by atoms with Crippen LogP contribution in [0.3, 0.4) is 0 Å². The summed E-state index contributed by atoms with van der Waals surface area (Å²) in [5.41, 5.74) is 2.73. The van der Waals surface area contributed by atoms with E-state index in [4.69, 9.17) is 18.9 Å². The van der Waals surface area contributed by atoms with Crippen LogP contribution in [0.1, 0.15) is 64.6 Å². The van der Waals surface area contributed by atoms with E-state index in [1.165, 1.54) is 34.3 Å². The summed E-state index contributed by atoms with van der Waals surface area (Å²) in [6.45, 7) is 8.93. The molecule has 0 aromatic heterocycles. The lowest BCUT2D eigenvalue weighted by atomic mass is 9.95. The zero-order valence-corrected chi connectivity index (χ0v) is 27.1. The predicted octanol–water partition coefficient (Wildman–Crippen LogP) is 4.00. The lowest BCUT2D eigenvalue weighted by Crippen LogP contribution is -2.52. The molecule has 0 saturated heterocycles. The van der Waals surface area contributed by atoms with E-state index < -0.39 is 30.0 Å². The Hall–Kier alpha value is -4.28. The van der Waals surface area contributed by atoms with Crippen molar-refractivity contribution in [1.82, 2.24) is 10.6 Å². The monoisotopic (exact) mass is 611 g/mol. The first-order valence-corrected chi connectivity index (χ1v) is 14.8. The topological polar surface area (TPSA) is 141 Å². The van der Waals surface area contributed by atoms with E-state index in [1.54, 1.807) is 19.2 Å². The van der Waals surface area contributed by atoms with Crippen molar-refractivity contribution in [3.8, 4) is 28.4 Å². The maximum atomic E-state index is 13.8. The van der Waals surface area contributed by atoms with Gasteiger partial charge in [-0.1, -0.05) is 40.2 Å². The van der Waals surface area contributed by atoms with Crippen LogP contribution in [0.2, 0.25) is 0 Å². The molecule has 0 spiro atoms. The van der Waals surface area contributed by atoms with Gasteiger partial charge in [-0.2, -0.15) is 0 Å². The van der Waals surface area contributed by atoms with Gasteiger partial charge in [0.25, 0.3) is 0 Å². The molecule has 11 nitrogen and oxygen atoms in total.